The maximum absolute atomic E-state index is 11.6. The van der Waals surface area contributed by atoms with E-state index in [2.05, 4.69) is 0 Å². The van der Waals surface area contributed by atoms with Crippen LogP contribution in [0.2, 0.25) is 0 Å². The molecule has 0 amide bonds. The number of hydrogen-bond acceptors (Lipinski definition) is 2. The first kappa shape index (κ1) is 17.1. The highest BCUT2D eigenvalue weighted by Crippen LogP contribution is 2.20. The van der Waals surface area contributed by atoms with E-state index in [0.29, 0.717) is 24.1 Å². The van der Waals surface area contributed by atoms with Gasteiger partial charge in [-0.15, -0.1) is 23.2 Å². The third-order valence-electron chi connectivity index (χ3n) is 2.44. The number of carbonyl (C=O) groups is 1. The third-order valence-corrected chi connectivity index (χ3v) is 2.93. The standard InChI is InChI=1S/C13H24Cl2O2/c1-13(2,3)17-12(16)7-6-11(8-10-15)5-4-9-14/h11H,4-10H2,1-3H3. The largest absolute Gasteiger partial charge is 0.460 e. The van der Waals surface area contributed by atoms with Gasteiger partial charge in [0.05, 0.1) is 0 Å². The van der Waals surface area contributed by atoms with E-state index in [1.807, 2.05) is 20.8 Å². The number of ether oxygens (including phenoxy) is 1. The molecule has 17 heavy (non-hydrogen) atoms. The molecule has 0 aliphatic rings. The van der Waals surface area contributed by atoms with Gasteiger partial charge in [0, 0.05) is 18.2 Å². The van der Waals surface area contributed by atoms with Crippen molar-refractivity contribution in [3.05, 3.63) is 0 Å². The minimum absolute atomic E-state index is 0.122. The summed E-state index contributed by atoms with van der Waals surface area (Å²) in [6.07, 6.45) is 4.29. The van der Waals surface area contributed by atoms with Crippen LogP contribution in [0.3, 0.4) is 0 Å². The SMILES string of the molecule is CC(C)(C)OC(=O)CCC(CCCl)CCCCl. The summed E-state index contributed by atoms with van der Waals surface area (Å²) in [6.45, 7) is 5.65. The lowest BCUT2D eigenvalue weighted by Gasteiger charge is -2.20. The molecule has 0 aromatic carbocycles. The molecule has 0 aromatic heterocycles. The Labute approximate surface area is 115 Å². The highest BCUT2D eigenvalue weighted by atomic mass is 35.5. The number of esters is 1. The van der Waals surface area contributed by atoms with Crippen LogP contribution in [0.15, 0.2) is 0 Å². The van der Waals surface area contributed by atoms with Gasteiger partial charge in [-0.1, -0.05) is 0 Å². The molecule has 1 atom stereocenters. The van der Waals surface area contributed by atoms with Gasteiger partial charge >= 0.3 is 5.97 Å². The zero-order valence-electron chi connectivity index (χ0n) is 11.1. The second kappa shape index (κ2) is 9.04. The second-order valence-electron chi connectivity index (χ2n) is 5.30. The Balaban J connectivity index is 3.90. The molecule has 102 valence electrons. The van der Waals surface area contributed by atoms with Crippen molar-refractivity contribution in [2.45, 2.75) is 58.5 Å². The van der Waals surface area contributed by atoms with Crippen molar-refractivity contribution in [1.29, 1.82) is 0 Å². The summed E-state index contributed by atoms with van der Waals surface area (Å²) in [4.78, 5) is 11.6. The molecule has 1 unspecified atom stereocenters. The average Bonchev–Trinajstić information content (AvgIpc) is 2.19. The number of alkyl halides is 2. The van der Waals surface area contributed by atoms with Gasteiger partial charge < -0.3 is 4.74 Å². The third kappa shape index (κ3) is 10.9. The van der Waals surface area contributed by atoms with Crippen molar-refractivity contribution in [1.82, 2.24) is 0 Å². The molecule has 0 saturated carbocycles. The number of rotatable bonds is 8. The minimum atomic E-state index is -0.394. The van der Waals surface area contributed by atoms with Crippen LogP contribution >= 0.6 is 23.2 Å². The first-order valence-corrected chi connectivity index (χ1v) is 7.29. The summed E-state index contributed by atoms with van der Waals surface area (Å²) < 4.78 is 5.27. The lowest BCUT2D eigenvalue weighted by Crippen LogP contribution is -2.24. The first-order valence-electron chi connectivity index (χ1n) is 6.23. The van der Waals surface area contributed by atoms with Crippen LogP contribution in [0.25, 0.3) is 0 Å². The maximum atomic E-state index is 11.6. The lowest BCUT2D eigenvalue weighted by atomic mass is 9.95. The molecule has 0 bridgehead atoms. The predicted molar refractivity (Wildman–Crippen MR) is 73.9 cm³/mol. The summed E-state index contributed by atoms with van der Waals surface area (Å²) in [5.74, 6) is 1.67. The van der Waals surface area contributed by atoms with E-state index in [1.165, 1.54) is 0 Å². The van der Waals surface area contributed by atoms with Gasteiger partial charge in [-0.05, 0) is 52.4 Å². The fraction of sp³-hybridized carbons (Fsp3) is 0.923. The Kier molecular flexibility index (Phi) is 9.07. The normalized spacial score (nSPS) is 13.5. The molecule has 0 aromatic rings. The fourth-order valence-electron chi connectivity index (χ4n) is 1.67. The molecule has 0 saturated heterocycles. The Morgan fingerprint density at radius 1 is 1.12 bits per heavy atom. The molecule has 2 nitrogen and oxygen atoms in total. The maximum Gasteiger partial charge on any atom is 0.306 e. The molecular weight excluding hydrogens is 259 g/mol. The van der Waals surface area contributed by atoms with E-state index in [1.54, 1.807) is 0 Å². The zero-order valence-corrected chi connectivity index (χ0v) is 12.6. The average molecular weight is 283 g/mol. The number of carbonyl (C=O) groups excluding carboxylic acids is 1. The van der Waals surface area contributed by atoms with E-state index < -0.39 is 5.60 Å². The van der Waals surface area contributed by atoms with Crippen LogP contribution in [0.1, 0.15) is 52.9 Å². The summed E-state index contributed by atoms with van der Waals surface area (Å²) in [5, 5.41) is 0. The van der Waals surface area contributed by atoms with Crippen molar-refractivity contribution >= 4 is 29.2 Å². The number of hydrogen-bond donors (Lipinski definition) is 0. The van der Waals surface area contributed by atoms with E-state index in [9.17, 15) is 4.79 Å². The van der Waals surface area contributed by atoms with Gasteiger partial charge in [0.2, 0.25) is 0 Å². The fourth-order valence-corrected chi connectivity index (χ4v) is 2.13. The van der Waals surface area contributed by atoms with Crippen LogP contribution in [0.4, 0.5) is 0 Å². The van der Waals surface area contributed by atoms with Gasteiger partial charge in [-0.2, -0.15) is 0 Å². The molecular formula is C13H24Cl2O2. The second-order valence-corrected chi connectivity index (χ2v) is 6.06. The zero-order chi connectivity index (χ0) is 13.3. The highest BCUT2D eigenvalue weighted by Gasteiger charge is 2.17. The van der Waals surface area contributed by atoms with Crippen molar-refractivity contribution in [3.8, 4) is 0 Å². The monoisotopic (exact) mass is 282 g/mol. The molecule has 0 rings (SSSR count). The summed E-state index contributed by atoms with van der Waals surface area (Å²) in [6, 6.07) is 0. The van der Waals surface area contributed by atoms with Crippen LogP contribution in [0, 0.1) is 5.92 Å². The van der Waals surface area contributed by atoms with Crippen molar-refractivity contribution < 1.29 is 9.53 Å². The lowest BCUT2D eigenvalue weighted by molar-refractivity contribution is -0.155. The van der Waals surface area contributed by atoms with Crippen LogP contribution in [0.5, 0.6) is 0 Å². The van der Waals surface area contributed by atoms with Gasteiger partial charge in [0.25, 0.3) is 0 Å². The Bertz CT molecular complexity index is 212. The Hall–Kier alpha value is 0.0500. The van der Waals surface area contributed by atoms with Crippen molar-refractivity contribution in [3.63, 3.8) is 0 Å². The molecule has 0 spiro atoms. The van der Waals surface area contributed by atoms with Crippen LogP contribution in [-0.4, -0.2) is 23.3 Å². The topological polar surface area (TPSA) is 26.3 Å². The van der Waals surface area contributed by atoms with Crippen LogP contribution in [-0.2, 0) is 9.53 Å². The quantitative estimate of drug-likeness (QED) is 0.488. The first-order chi connectivity index (χ1) is 7.89. The summed E-state index contributed by atoms with van der Waals surface area (Å²) in [7, 11) is 0. The van der Waals surface area contributed by atoms with E-state index in [4.69, 9.17) is 27.9 Å². The Morgan fingerprint density at radius 3 is 2.24 bits per heavy atom. The van der Waals surface area contributed by atoms with E-state index in [-0.39, 0.29) is 5.97 Å². The van der Waals surface area contributed by atoms with Gasteiger partial charge in [-0.3, -0.25) is 4.79 Å². The van der Waals surface area contributed by atoms with Gasteiger partial charge in [0.1, 0.15) is 5.60 Å². The molecule has 0 heterocycles. The van der Waals surface area contributed by atoms with E-state index in [0.717, 1.165) is 25.7 Å². The minimum Gasteiger partial charge on any atom is -0.460 e. The summed E-state index contributed by atoms with van der Waals surface area (Å²) >= 11 is 11.4. The Morgan fingerprint density at radius 2 is 1.76 bits per heavy atom. The summed E-state index contributed by atoms with van der Waals surface area (Å²) in [5.41, 5.74) is -0.394. The van der Waals surface area contributed by atoms with Crippen LogP contribution < -0.4 is 0 Å². The molecule has 0 N–H and O–H groups in total. The molecule has 0 aliphatic carbocycles. The van der Waals surface area contributed by atoms with Gasteiger partial charge in [-0.25, -0.2) is 0 Å². The van der Waals surface area contributed by atoms with Crippen molar-refractivity contribution in [2.24, 2.45) is 5.92 Å². The molecule has 4 heteroatoms. The van der Waals surface area contributed by atoms with Crippen molar-refractivity contribution in [2.75, 3.05) is 11.8 Å². The predicted octanol–water partition coefficient (Wildman–Crippen LogP) is 4.37. The number of halogens is 2. The van der Waals surface area contributed by atoms with Gasteiger partial charge in [0.15, 0.2) is 0 Å². The highest BCUT2D eigenvalue weighted by molar-refractivity contribution is 6.18. The smallest absolute Gasteiger partial charge is 0.306 e. The van der Waals surface area contributed by atoms with E-state index >= 15 is 0 Å². The molecule has 0 fully saturated rings. The molecule has 0 radical (unpaired) electrons. The molecule has 0 aliphatic heterocycles.